The Hall–Kier alpha value is -2.55. The minimum Gasteiger partial charge on any atom is -0.619 e. The summed E-state index contributed by atoms with van der Waals surface area (Å²) in [5.74, 6) is -0.322. The molecule has 1 fully saturated rings. The molecule has 1 atom stereocenters. The summed E-state index contributed by atoms with van der Waals surface area (Å²) in [5, 5.41) is 11.4. The number of rotatable bonds is 3. The lowest BCUT2D eigenvalue weighted by molar-refractivity contribution is -0.605. The van der Waals surface area contributed by atoms with Crippen molar-refractivity contribution in [1.29, 1.82) is 0 Å². The number of piperazine rings is 1. The van der Waals surface area contributed by atoms with Gasteiger partial charge in [0.1, 0.15) is 5.82 Å². The number of amides is 1. The van der Waals surface area contributed by atoms with Gasteiger partial charge in [0.15, 0.2) is 12.4 Å². The van der Waals surface area contributed by atoms with E-state index >= 15 is 4.39 Å². The minimum atomic E-state index is -0.355. The lowest BCUT2D eigenvalue weighted by Crippen LogP contribution is -2.50. The van der Waals surface area contributed by atoms with Crippen LogP contribution in [0.15, 0.2) is 53.4 Å². The first kappa shape index (κ1) is 23.2. The maximum absolute atomic E-state index is 15.1. The number of aromatic nitrogens is 2. The van der Waals surface area contributed by atoms with Gasteiger partial charge in [-0.05, 0) is 63.2 Å². The summed E-state index contributed by atoms with van der Waals surface area (Å²) in [6.45, 7) is 2.43. The van der Waals surface area contributed by atoms with Gasteiger partial charge in [0.05, 0.1) is 23.2 Å². The van der Waals surface area contributed by atoms with E-state index in [9.17, 15) is 10.0 Å². The van der Waals surface area contributed by atoms with E-state index in [1.165, 1.54) is 12.4 Å². The van der Waals surface area contributed by atoms with Crippen molar-refractivity contribution in [3.05, 3.63) is 97.4 Å². The molecule has 0 spiro atoms. The second-order valence-electron chi connectivity index (χ2n) is 8.69. The van der Waals surface area contributed by atoms with Crippen LogP contribution in [0.2, 0.25) is 5.02 Å². The topological polar surface area (TPSA) is 63.4 Å². The normalized spacial score (nSPS) is 18.2. The van der Waals surface area contributed by atoms with E-state index in [1.54, 1.807) is 24.4 Å². The van der Waals surface area contributed by atoms with Crippen molar-refractivity contribution in [1.82, 2.24) is 14.8 Å². The molecule has 1 aliphatic carbocycles. The molecule has 0 saturated carbocycles. The molecule has 5 rings (SSSR count). The average Bonchev–Trinajstić information content (AvgIpc) is 3.00. The van der Waals surface area contributed by atoms with Crippen LogP contribution in [-0.2, 0) is 24.1 Å². The van der Waals surface area contributed by atoms with Crippen LogP contribution < -0.4 is 4.73 Å². The summed E-state index contributed by atoms with van der Waals surface area (Å²) in [7, 11) is 0. The zero-order valence-corrected chi connectivity index (χ0v) is 20.7. The first-order chi connectivity index (χ1) is 16.4. The van der Waals surface area contributed by atoms with Gasteiger partial charge < -0.3 is 10.1 Å². The molecule has 0 radical (unpaired) electrons. The van der Waals surface area contributed by atoms with Crippen LogP contribution in [0.4, 0.5) is 4.39 Å². The smallest absolute Gasteiger partial charge is 0.227 e. The molecule has 6 nitrogen and oxygen atoms in total. The van der Waals surface area contributed by atoms with E-state index in [4.69, 9.17) is 16.6 Å². The van der Waals surface area contributed by atoms with Gasteiger partial charge in [-0.1, -0.05) is 17.7 Å². The molecule has 2 aromatic heterocycles. The maximum atomic E-state index is 15.1. The standard InChI is InChI=1S/C25H23BrClFN4O2/c26-18-14-17-1-2-19-20(3-4-21(27)23(19)28)25(24(17)29-15-18)31-11-9-30(10-12-31)22(33)13-16-5-7-32(34)8-6-16/h3-8,14-15,25H,1-2,9-13H2/t25-/m0/s1. The van der Waals surface area contributed by atoms with Crippen molar-refractivity contribution in [3.63, 3.8) is 0 Å². The Labute approximate surface area is 210 Å². The van der Waals surface area contributed by atoms with Crippen LogP contribution >= 0.6 is 27.5 Å². The predicted octanol–water partition coefficient (Wildman–Crippen LogP) is 3.84. The Bertz CT molecular complexity index is 1230. The molecule has 1 saturated heterocycles. The van der Waals surface area contributed by atoms with Crippen molar-refractivity contribution in [2.45, 2.75) is 25.3 Å². The second-order valence-corrected chi connectivity index (χ2v) is 10.0. The number of benzene rings is 1. The highest BCUT2D eigenvalue weighted by Gasteiger charge is 2.34. The number of hydrogen-bond acceptors (Lipinski definition) is 4. The molecule has 9 heteroatoms. The summed E-state index contributed by atoms with van der Waals surface area (Å²) in [4.78, 5) is 21.7. The lowest BCUT2D eigenvalue weighted by Gasteiger charge is -2.40. The number of halogens is 3. The van der Waals surface area contributed by atoms with Crippen molar-refractivity contribution >= 4 is 33.4 Å². The molecule has 3 heterocycles. The van der Waals surface area contributed by atoms with Crippen molar-refractivity contribution in [3.8, 4) is 0 Å². The van der Waals surface area contributed by atoms with Crippen molar-refractivity contribution < 1.29 is 13.9 Å². The minimum absolute atomic E-state index is 0.0323. The fourth-order valence-corrected chi connectivity index (χ4v) is 5.47. The van der Waals surface area contributed by atoms with E-state index in [1.807, 2.05) is 11.0 Å². The Morgan fingerprint density at radius 2 is 1.91 bits per heavy atom. The van der Waals surface area contributed by atoms with Gasteiger partial charge in [0.2, 0.25) is 5.91 Å². The number of hydrogen-bond donors (Lipinski definition) is 0. The number of nitrogens with zero attached hydrogens (tertiary/aromatic N) is 4. The number of aryl methyl sites for hydroxylation is 1. The zero-order chi connectivity index (χ0) is 23.8. The van der Waals surface area contributed by atoms with E-state index in [-0.39, 0.29) is 29.2 Å². The fraction of sp³-hybridized carbons (Fsp3) is 0.320. The molecule has 176 valence electrons. The molecule has 3 aromatic rings. The largest absolute Gasteiger partial charge is 0.619 e. The highest BCUT2D eigenvalue weighted by Crippen LogP contribution is 2.39. The summed E-state index contributed by atoms with van der Waals surface area (Å²) in [6, 6.07) is 8.74. The average molecular weight is 546 g/mol. The highest BCUT2D eigenvalue weighted by atomic mass is 79.9. The summed E-state index contributed by atoms with van der Waals surface area (Å²) in [5.41, 5.74) is 4.37. The third-order valence-electron chi connectivity index (χ3n) is 6.66. The van der Waals surface area contributed by atoms with Crippen LogP contribution in [-0.4, -0.2) is 46.9 Å². The first-order valence-electron chi connectivity index (χ1n) is 11.2. The molecule has 0 N–H and O–H groups in total. The van der Waals surface area contributed by atoms with Crippen LogP contribution in [0, 0.1) is 11.0 Å². The van der Waals surface area contributed by atoms with E-state index < -0.39 is 0 Å². The molecule has 0 unspecified atom stereocenters. The van der Waals surface area contributed by atoms with Crippen LogP contribution in [0.1, 0.15) is 34.0 Å². The zero-order valence-electron chi connectivity index (χ0n) is 18.4. The Morgan fingerprint density at radius 3 is 2.65 bits per heavy atom. The Morgan fingerprint density at radius 1 is 1.18 bits per heavy atom. The van der Waals surface area contributed by atoms with E-state index in [0.717, 1.165) is 26.9 Å². The third kappa shape index (κ3) is 4.54. The van der Waals surface area contributed by atoms with Crippen LogP contribution in [0.3, 0.4) is 0 Å². The molecule has 1 amide bonds. The van der Waals surface area contributed by atoms with Gasteiger partial charge in [-0.3, -0.25) is 14.7 Å². The fourth-order valence-electron chi connectivity index (χ4n) is 4.91. The SMILES string of the molecule is O=C(Cc1cc[n+]([O-])cc1)N1CCN([C@H]2c3ccc(Cl)c(F)c3CCc3cc(Br)cnc32)CC1. The highest BCUT2D eigenvalue weighted by molar-refractivity contribution is 9.10. The maximum Gasteiger partial charge on any atom is 0.227 e. The van der Waals surface area contributed by atoms with Gasteiger partial charge in [0.25, 0.3) is 0 Å². The Kier molecular flexibility index (Phi) is 6.55. The third-order valence-corrected chi connectivity index (χ3v) is 7.38. The quantitative estimate of drug-likeness (QED) is 0.371. The van der Waals surface area contributed by atoms with Crippen molar-refractivity contribution in [2.24, 2.45) is 0 Å². The number of carbonyl (C=O) groups is 1. The number of fused-ring (bicyclic) bond motifs is 2. The molecular weight excluding hydrogens is 523 g/mol. The van der Waals surface area contributed by atoms with Gasteiger partial charge in [0, 0.05) is 49.0 Å². The predicted molar refractivity (Wildman–Crippen MR) is 130 cm³/mol. The molecule has 34 heavy (non-hydrogen) atoms. The molecule has 1 aromatic carbocycles. The monoisotopic (exact) mass is 544 g/mol. The molecule has 0 bridgehead atoms. The summed E-state index contributed by atoms with van der Waals surface area (Å²) in [6.07, 6.45) is 6.09. The van der Waals surface area contributed by atoms with E-state index in [0.29, 0.717) is 49.3 Å². The Balaban J connectivity index is 1.39. The number of carbonyl (C=O) groups excluding carboxylic acids is 1. The van der Waals surface area contributed by atoms with Crippen molar-refractivity contribution in [2.75, 3.05) is 26.2 Å². The van der Waals surface area contributed by atoms with Gasteiger partial charge >= 0.3 is 0 Å². The second kappa shape index (κ2) is 9.60. The number of pyridine rings is 2. The lowest BCUT2D eigenvalue weighted by atomic mass is 9.95. The van der Waals surface area contributed by atoms with Crippen LogP contribution in [0.5, 0.6) is 0 Å². The first-order valence-corrected chi connectivity index (χ1v) is 12.4. The van der Waals surface area contributed by atoms with Crippen LogP contribution in [0.25, 0.3) is 0 Å². The summed E-state index contributed by atoms with van der Waals surface area (Å²) < 4.78 is 16.7. The molecule has 1 aliphatic heterocycles. The van der Waals surface area contributed by atoms with Gasteiger partial charge in [-0.2, -0.15) is 4.73 Å². The van der Waals surface area contributed by atoms with Gasteiger partial charge in [-0.15, -0.1) is 0 Å². The molecule has 2 aliphatic rings. The van der Waals surface area contributed by atoms with E-state index in [2.05, 4.69) is 26.9 Å². The van der Waals surface area contributed by atoms with Gasteiger partial charge in [-0.25, -0.2) is 4.39 Å². The molecular formula is C25H23BrClFN4O2. The summed E-state index contributed by atoms with van der Waals surface area (Å²) >= 11 is 9.64.